The second kappa shape index (κ2) is 10.6. The number of ether oxygens (including phenoxy) is 1. The van der Waals surface area contributed by atoms with E-state index in [9.17, 15) is 9.90 Å². The predicted molar refractivity (Wildman–Crippen MR) is 119 cm³/mol. The van der Waals surface area contributed by atoms with E-state index in [1.807, 2.05) is 74.6 Å². The average molecular weight is 387 g/mol. The fraction of sp³-hybridized carbons (Fsp3) is 0.160. The monoisotopic (exact) mass is 387 g/mol. The van der Waals surface area contributed by atoms with Crippen molar-refractivity contribution in [1.82, 2.24) is 4.57 Å². The van der Waals surface area contributed by atoms with E-state index in [4.69, 9.17) is 11.2 Å². The van der Waals surface area contributed by atoms with Gasteiger partial charge in [0.15, 0.2) is 0 Å². The van der Waals surface area contributed by atoms with Crippen LogP contribution in [0.15, 0.2) is 78.5 Å². The molecule has 0 aliphatic carbocycles. The maximum absolute atomic E-state index is 11.2. The number of terminal acetylenes is 1. The van der Waals surface area contributed by atoms with Gasteiger partial charge in [0.2, 0.25) is 0 Å². The second-order valence-electron chi connectivity index (χ2n) is 5.90. The number of hydrogen-bond donors (Lipinski definition) is 1. The second-order valence-corrected chi connectivity index (χ2v) is 5.90. The summed E-state index contributed by atoms with van der Waals surface area (Å²) in [4.78, 5) is 11.2. The van der Waals surface area contributed by atoms with E-state index in [-0.39, 0.29) is 5.57 Å². The van der Waals surface area contributed by atoms with Crippen molar-refractivity contribution in [3.63, 3.8) is 0 Å². The highest BCUT2D eigenvalue weighted by molar-refractivity contribution is 5.94. The molecule has 4 heteroatoms. The Kier molecular flexibility index (Phi) is 7.88. The van der Waals surface area contributed by atoms with Crippen LogP contribution in [0.1, 0.15) is 26.3 Å². The van der Waals surface area contributed by atoms with Crippen molar-refractivity contribution in [3.8, 4) is 18.1 Å². The van der Waals surface area contributed by atoms with Gasteiger partial charge in [-0.1, -0.05) is 56.2 Å². The van der Waals surface area contributed by atoms with Crippen LogP contribution in [0.3, 0.4) is 0 Å². The molecule has 0 atom stereocenters. The number of nitrogens with zero attached hydrogens (tertiary/aromatic N) is 1. The topological polar surface area (TPSA) is 51.5 Å². The summed E-state index contributed by atoms with van der Waals surface area (Å²) in [6, 6.07) is 17.6. The molecule has 0 unspecified atom stereocenters. The van der Waals surface area contributed by atoms with Gasteiger partial charge in [-0.2, -0.15) is 0 Å². The highest BCUT2D eigenvalue weighted by Gasteiger charge is 2.09. The Morgan fingerprint density at radius 1 is 1.17 bits per heavy atom. The van der Waals surface area contributed by atoms with Crippen LogP contribution in [0.2, 0.25) is 0 Å². The third-order valence-corrected chi connectivity index (χ3v) is 4.17. The summed E-state index contributed by atoms with van der Waals surface area (Å²) in [5, 5.41) is 10.2. The summed E-state index contributed by atoms with van der Waals surface area (Å²) in [5.74, 6) is 2.31. The van der Waals surface area contributed by atoms with Crippen molar-refractivity contribution in [3.05, 3.63) is 84.1 Å². The molecule has 0 saturated heterocycles. The van der Waals surface area contributed by atoms with Gasteiger partial charge in [0, 0.05) is 11.6 Å². The number of carboxylic acids is 1. The molecule has 0 saturated carbocycles. The van der Waals surface area contributed by atoms with Gasteiger partial charge in [-0.25, -0.2) is 4.79 Å². The van der Waals surface area contributed by atoms with Gasteiger partial charge in [0.25, 0.3) is 0 Å². The molecule has 4 nitrogen and oxygen atoms in total. The van der Waals surface area contributed by atoms with Gasteiger partial charge in [-0.05, 0) is 42.8 Å². The van der Waals surface area contributed by atoms with E-state index in [0.29, 0.717) is 12.3 Å². The number of benzene rings is 2. The van der Waals surface area contributed by atoms with Crippen LogP contribution >= 0.6 is 0 Å². The molecular weight excluding hydrogens is 362 g/mol. The normalized spacial score (nSPS) is 11.4. The first kappa shape index (κ1) is 21.6. The highest BCUT2D eigenvalue weighted by Crippen LogP contribution is 2.25. The molecule has 0 aliphatic heterocycles. The van der Waals surface area contributed by atoms with Gasteiger partial charge < -0.3 is 14.4 Å². The van der Waals surface area contributed by atoms with Crippen molar-refractivity contribution in [2.75, 3.05) is 0 Å². The molecule has 0 spiro atoms. The number of aromatic nitrogens is 1. The Bertz CT molecular complexity index is 1070. The average Bonchev–Trinajstić information content (AvgIpc) is 3.18. The number of allylic oxidation sites excluding steroid dienone is 2. The van der Waals surface area contributed by atoms with E-state index in [1.165, 1.54) is 12.2 Å². The lowest BCUT2D eigenvalue weighted by Crippen LogP contribution is -2.01. The van der Waals surface area contributed by atoms with Gasteiger partial charge in [0.05, 0.1) is 16.8 Å². The first-order chi connectivity index (χ1) is 14.1. The maximum atomic E-state index is 11.2. The summed E-state index contributed by atoms with van der Waals surface area (Å²) in [5.41, 5.74) is 2.58. The Morgan fingerprint density at radius 2 is 1.90 bits per heavy atom. The summed E-state index contributed by atoms with van der Waals surface area (Å²) >= 11 is 0. The summed E-state index contributed by atoms with van der Waals surface area (Å²) in [7, 11) is 0. The third kappa shape index (κ3) is 5.40. The van der Waals surface area contributed by atoms with Gasteiger partial charge in [-0.15, -0.1) is 6.42 Å². The molecule has 3 aromatic rings. The minimum absolute atomic E-state index is 0.146. The lowest BCUT2D eigenvalue weighted by Gasteiger charge is -2.08. The fourth-order valence-corrected chi connectivity index (χ4v) is 2.76. The van der Waals surface area contributed by atoms with Crippen LogP contribution in [-0.2, 0) is 11.4 Å². The molecule has 2 aromatic carbocycles. The standard InChI is InChI=1S/C23H19NO3.C2H6/c1-3-18(23(25)26)14-20(4-2)24-13-12-19-15-21(10-11-22(19)24)27-16-17-8-6-5-7-9-17;1-2/h2-3,5-15H,16H2,1H3,(H,25,26);1-2H3/b18-3+,20-14+;. The van der Waals surface area contributed by atoms with E-state index in [1.54, 1.807) is 11.5 Å². The Balaban J connectivity index is 0.00000145. The van der Waals surface area contributed by atoms with Gasteiger partial charge in [-0.3, -0.25) is 0 Å². The van der Waals surface area contributed by atoms with Gasteiger partial charge in [0.1, 0.15) is 12.4 Å². The molecule has 1 aromatic heterocycles. The van der Waals surface area contributed by atoms with Crippen LogP contribution in [0, 0.1) is 12.3 Å². The lowest BCUT2D eigenvalue weighted by atomic mass is 10.2. The lowest BCUT2D eigenvalue weighted by molar-refractivity contribution is -0.132. The summed E-state index contributed by atoms with van der Waals surface area (Å²) in [6.07, 6.45) is 10.4. The van der Waals surface area contributed by atoms with Crippen molar-refractivity contribution < 1.29 is 14.6 Å². The minimum atomic E-state index is -1.02. The maximum Gasteiger partial charge on any atom is 0.335 e. The molecular formula is C25H25NO3. The number of hydrogen-bond acceptors (Lipinski definition) is 2. The fourth-order valence-electron chi connectivity index (χ4n) is 2.76. The zero-order chi connectivity index (χ0) is 21.2. The first-order valence-electron chi connectivity index (χ1n) is 9.48. The summed E-state index contributed by atoms with van der Waals surface area (Å²) in [6.45, 7) is 6.16. The van der Waals surface area contributed by atoms with Crippen molar-refractivity contribution in [2.45, 2.75) is 27.4 Å². The molecule has 0 amide bonds. The highest BCUT2D eigenvalue weighted by atomic mass is 16.5. The third-order valence-electron chi connectivity index (χ3n) is 4.17. The van der Waals surface area contributed by atoms with Crippen LogP contribution in [-0.4, -0.2) is 15.6 Å². The Morgan fingerprint density at radius 3 is 2.52 bits per heavy atom. The van der Waals surface area contributed by atoms with Crippen LogP contribution in [0.25, 0.3) is 16.6 Å². The largest absolute Gasteiger partial charge is 0.489 e. The Hall–Kier alpha value is -3.71. The molecule has 29 heavy (non-hydrogen) atoms. The Labute approximate surface area is 171 Å². The van der Waals surface area contributed by atoms with E-state index in [2.05, 4.69) is 5.92 Å². The van der Waals surface area contributed by atoms with E-state index in [0.717, 1.165) is 22.2 Å². The van der Waals surface area contributed by atoms with Crippen LogP contribution in [0.5, 0.6) is 5.75 Å². The molecule has 0 aliphatic rings. The smallest absolute Gasteiger partial charge is 0.335 e. The number of fused-ring (bicyclic) bond motifs is 1. The molecule has 0 radical (unpaired) electrons. The molecule has 1 N–H and O–H groups in total. The van der Waals surface area contributed by atoms with E-state index < -0.39 is 5.97 Å². The van der Waals surface area contributed by atoms with Crippen molar-refractivity contribution in [2.24, 2.45) is 0 Å². The minimum Gasteiger partial charge on any atom is -0.489 e. The van der Waals surface area contributed by atoms with Crippen molar-refractivity contribution in [1.29, 1.82) is 0 Å². The number of carboxylic acid groups (broad SMARTS) is 1. The number of carbonyl (C=O) groups is 1. The molecule has 148 valence electrons. The van der Waals surface area contributed by atoms with E-state index >= 15 is 0 Å². The zero-order valence-corrected chi connectivity index (χ0v) is 16.9. The summed E-state index contributed by atoms with van der Waals surface area (Å²) < 4.78 is 7.65. The van der Waals surface area contributed by atoms with Crippen molar-refractivity contribution >= 4 is 22.6 Å². The van der Waals surface area contributed by atoms with Gasteiger partial charge >= 0.3 is 5.97 Å². The quantitative estimate of drug-likeness (QED) is 0.333. The number of rotatable bonds is 6. The predicted octanol–water partition coefficient (Wildman–Crippen LogP) is 5.75. The molecule has 1 heterocycles. The first-order valence-corrected chi connectivity index (χ1v) is 9.48. The molecule has 0 bridgehead atoms. The van der Waals surface area contributed by atoms with Crippen LogP contribution < -0.4 is 4.74 Å². The molecule has 3 rings (SSSR count). The SMILES string of the molecule is C#C/C(=C\C(=C/C)C(=O)O)n1ccc2cc(OCc3ccccc3)ccc21.CC. The molecule has 0 fully saturated rings. The van der Waals surface area contributed by atoms with Crippen LogP contribution in [0.4, 0.5) is 0 Å². The number of aliphatic carboxylic acids is 1. The zero-order valence-electron chi connectivity index (χ0n) is 16.9.